The Labute approximate surface area is 127 Å². The molecule has 2 aromatic rings. The van der Waals surface area contributed by atoms with Crippen molar-refractivity contribution in [3.8, 4) is 5.75 Å². The summed E-state index contributed by atoms with van der Waals surface area (Å²) in [5.74, 6) is 0.585. The monoisotopic (exact) mass is 337 g/mol. The van der Waals surface area contributed by atoms with Crippen molar-refractivity contribution >= 4 is 15.9 Å². The Bertz CT molecular complexity index is 571. The molecule has 2 nitrogen and oxygen atoms in total. The van der Waals surface area contributed by atoms with Gasteiger partial charge < -0.3 is 10.1 Å². The first-order valence-electron chi connectivity index (χ1n) is 6.50. The maximum absolute atomic E-state index is 13.7. The van der Waals surface area contributed by atoms with E-state index in [0.717, 1.165) is 16.9 Å². The molecule has 2 rings (SSSR count). The smallest absolute Gasteiger partial charge is 0.137 e. The van der Waals surface area contributed by atoms with Gasteiger partial charge in [0, 0.05) is 0 Å². The van der Waals surface area contributed by atoms with Gasteiger partial charge >= 0.3 is 0 Å². The molecule has 0 heterocycles. The zero-order valence-electron chi connectivity index (χ0n) is 11.5. The Morgan fingerprint density at radius 2 is 1.80 bits per heavy atom. The van der Waals surface area contributed by atoms with Crippen molar-refractivity contribution in [3.05, 3.63) is 63.9 Å². The molecule has 2 aromatic carbocycles. The van der Waals surface area contributed by atoms with E-state index in [4.69, 9.17) is 4.74 Å². The van der Waals surface area contributed by atoms with Crippen LogP contribution in [0.4, 0.5) is 4.39 Å². The van der Waals surface area contributed by atoms with Gasteiger partial charge in [-0.25, -0.2) is 4.39 Å². The molecule has 0 aliphatic carbocycles. The van der Waals surface area contributed by atoms with Crippen LogP contribution in [0.1, 0.15) is 24.1 Å². The number of halogens is 2. The van der Waals surface area contributed by atoms with E-state index in [9.17, 15) is 4.39 Å². The first-order chi connectivity index (χ1) is 9.65. The van der Waals surface area contributed by atoms with E-state index in [2.05, 4.69) is 21.2 Å². The Balaban J connectivity index is 2.29. The number of nitrogens with one attached hydrogen (secondary N) is 1. The van der Waals surface area contributed by atoms with Gasteiger partial charge in [-0.1, -0.05) is 18.2 Å². The predicted octanol–water partition coefficient (Wildman–Crippen LogP) is 4.30. The number of ether oxygens (including phenoxy) is 1. The van der Waals surface area contributed by atoms with Crippen molar-refractivity contribution in [1.29, 1.82) is 0 Å². The average molecular weight is 338 g/mol. The minimum absolute atomic E-state index is 0.0479. The van der Waals surface area contributed by atoms with Gasteiger partial charge in [-0.15, -0.1) is 0 Å². The van der Waals surface area contributed by atoms with Gasteiger partial charge in [-0.2, -0.15) is 0 Å². The molecule has 0 saturated heterocycles. The lowest BCUT2D eigenvalue weighted by Gasteiger charge is -2.18. The lowest BCUT2D eigenvalue weighted by Crippen LogP contribution is -2.17. The fourth-order valence-corrected chi connectivity index (χ4v) is 2.39. The van der Waals surface area contributed by atoms with E-state index < -0.39 is 0 Å². The van der Waals surface area contributed by atoms with Crippen LogP contribution in [0.15, 0.2) is 46.9 Å². The Hall–Kier alpha value is -1.39. The Morgan fingerprint density at radius 3 is 2.35 bits per heavy atom. The number of hydrogen-bond donors (Lipinski definition) is 1. The molecule has 106 valence electrons. The van der Waals surface area contributed by atoms with Crippen LogP contribution in [-0.4, -0.2) is 13.7 Å². The second-order valence-corrected chi connectivity index (χ2v) is 5.25. The van der Waals surface area contributed by atoms with Crippen LogP contribution in [0, 0.1) is 5.82 Å². The molecule has 0 bridgehead atoms. The van der Waals surface area contributed by atoms with Crippen molar-refractivity contribution < 1.29 is 9.13 Å². The number of hydrogen-bond acceptors (Lipinski definition) is 2. The standard InChI is InChI=1S/C16H17BrFNO/c1-3-20-13-7-4-11(5-8-13)16(19-2)12-6-9-14(17)15(18)10-12/h4-10,16,19H,3H2,1-2H3. The molecule has 1 N–H and O–H groups in total. The van der Waals surface area contributed by atoms with Crippen molar-refractivity contribution in [1.82, 2.24) is 5.32 Å². The minimum Gasteiger partial charge on any atom is -0.494 e. The molecule has 0 spiro atoms. The van der Waals surface area contributed by atoms with E-state index in [1.54, 1.807) is 12.1 Å². The van der Waals surface area contributed by atoms with Gasteiger partial charge in [0.2, 0.25) is 0 Å². The summed E-state index contributed by atoms with van der Waals surface area (Å²) in [6.45, 7) is 2.60. The second kappa shape index (κ2) is 6.86. The normalized spacial score (nSPS) is 12.2. The van der Waals surface area contributed by atoms with Crippen LogP contribution in [0.25, 0.3) is 0 Å². The Morgan fingerprint density at radius 1 is 1.15 bits per heavy atom. The summed E-state index contributed by atoms with van der Waals surface area (Å²) in [6, 6.07) is 13.0. The van der Waals surface area contributed by atoms with Crippen LogP contribution < -0.4 is 10.1 Å². The summed E-state index contributed by atoms with van der Waals surface area (Å²) < 4.78 is 19.6. The molecular weight excluding hydrogens is 321 g/mol. The van der Waals surface area contributed by atoms with Crippen LogP contribution in [0.3, 0.4) is 0 Å². The summed E-state index contributed by atoms with van der Waals surface area (Å²) in [6.07, 6.45) is 0. The lowest BCUT2D eigenvalue weighted by molar-refractivity contribution is 0.340. The van der Waals surface area contributed by atoms with E-state index in [1.807, 2.05) is 44.3 Å². The molecule has 0 aliphatic rings. The van der Waals surface area contributed by atoms with Gasteiger partial charge in [0.15, 0.2) is 0 Å². The van der Waals surface area contributed by atoms with Crippen LogP contribution in [0.2, 0.25) is 0 Å². The third-order valence-electron chi connectivity index (χ3n) is 3.09. The first kappa shape index (κ1) is 15.0. The zero-order chi connectivity index (χ0) is 14.5. The lowest BCUT2D eigenvalue weighted by atomic mass is 9.99. The third-order valence-corrected chi connectivity index (χ3v) is 3.73. The third kappa shape index (κ3) is 3.38. The molecule has 0 fully saturated rings. The minimum atomic E-state index is -0.256. The maximum atomic E-state index is 13.7. The topological polar surface area (TPSA) is 21.3 Å². The maximum Gasteiger partial charge on any atom is 0.137 e. The first-order valence-corrected chi connectivity index (χ1v) is 7.30. The van der Waals surface area contributed by atoms with Crippen LogP contribution in [0.5, 0.6) is 5.75 Å². The SMILES string of the molecule is CCOc1ccc(C(NC)c2ccc(Br)c(F)c2)cc1. The summed E-state index contributed by atoms with van der Waals surface area (Å²) in [4.78, 5) is 0. The van der Waals surface area contributed by atoms with Crippen molar-refractivity contribution in [2.24, 2.45) is 0 Å². The zero-order valence-corrected chi connectivity index (χ0v) is 13.1. The highest BCUT2D eigenvalue weighted by atomic mass is 79.9. The Kier molecular flexibility index (Phi) is 5.15. The fourth-order valence-electron chi connectivity index (χ4n) is 2.14. The van der Waals surface area contributed by atoms with E-state index in [0.29, 0.717) is 11.1 Å². The molecule has 0 amide bonds. The summed E-state index contributed by atoms with van der Waals surface area (Å²) in [5.41, 5.74) is 1.95. The summed E-state index contributed by atoms with van der Waals surface area (Å²) in [7, 11) is 1.86. The van der Waals surface area contributed by atoms with E-state index in [-0.39, 0.29) is 11.9 Å². The second-order valence-electron chi connectivity index (χ2n) is 4.40. The molecule has 0 saturated carbocycles. The van der Waals surface area contributed by atoms with Crippen molar-refractivity contribution in [2.45, 2.75) is 13.0 Å². The highest BCUT2D eigenvalue weighted by molar-refractivity contribution is 9.10. The molecule has 1 unspecified atom stereocenters. The van der Waals surface area contributed by atoms with Gasteiger partial charge in [-0.3, -0.25) is 0 Å². The number of rotatable bonds is 5. The molecular formula is C16H17BrFNO. The molecule has 0 radical (unpaired) electrons. The van der Waals surface area contributed by atoms with Gasteiger partial charge in [0.05, 0.1) is 17.1 Å². The summed E-state index contributed by atoms with van der Waals surface area (Å²) in [5, 5.41) is 3.21. The van der Waals surface area contributed by atoms with Crippen LogP contribution in [-0.2, 0) is 0 Å². The van der Waals surface area contributed by atoms with E-state index >= 15 is 0 Å². The quantitative estimate of drug-likeness (QED) is 0.878. The van der Waals surface area contributed by atoms with Crippen molar-refractivity contribution in [2.75, 3.05) is 13.7 Å². The fraction of sp³-hybridized carbons (Fsp3) is 0.250. The molecule has 4 heteroatoms. The van der Waals surface area contributed by atoms with Crippen LogP contribution >= 0.6 is 15.9 Å². The highest BCUT2D eigenvalue weighted by Gasteiger charge is 2.13. The highest BCUT2D eigenvalue weighted by Crippen LogP contribution is 2.26. The van der Waals surface area contributed by atoms with E-state index in [1.165, 1.54) is 0 Å². The molecule has 20 heavy (non-hydrogen) atoms. The van der Waals surface area contributed by atoms with Crippen molar-refractivity contribution in [3.63, 3.8) is 0 Å². The predicted molar refractivity (Wildman–Crippen MR) is 82.6 cm³/mol. The van der Waals surface area contributed by atoms with Gasteiger partial charge in [0.25, 0.3) is 0 Å². The average Bonchev–Trinajstić information content (AvgIpc) is 2.46. The van der Waals surface area contributed by atoms with Gasteiger partial charge in [-0.05, 0) is 65.3 Å². The molecule has 1 atom stereocenters. The largest absolute Gasteiger partial charge is 0.494 e. The summed E-state index contributed by atoms with van der Waals surface area (Å²) >= 11 is 3.17. The molecule has 0 aromatic heterocycles. The number of benzene rings is 2. The van der Waals surface area contributed by atoms with Gasteiger partial charge in [0.1, 0.15) is 11.6 Å². The molecule has 0 aliphatic heterocycles.